The average Bonchev–Trinajstić information content (AvgIpc) is 3.32. The standard InChI is InChI=1S/C31H42N2O3S.BrH/c1-4-5-6-7-8-9-10-11-12-13-19-36-30-21-28(35-3)17-18-29(30)32-31(34)27-16-14-15-26(20-27)23-33-22-25(2)37-24-33;/h14-18,20-22,24H,4-13,19,23H2,1-3H3;1H. The molecular weight excluding hydrogens is 560 g/mol. The van der Waals surface area contributed by atoms with E-state index in [9.17, 15) is 4.79 Å². The topological polar surface area (TPSA) is 51.4 Å². The van der Waals surface area contributed by atoms with E-state index in [4.69, 9.17) is 9.47 Å². The number of aryl methyl sites for hydroxylation is 1. The van der Waals surface area contributed by atoms with E-state index in [0.717, 1.165) is 24.9 Å². The molecule has 0 saturated heterocycles. The van der Waals surface area contributed by atoms with Gasteiger partial charge in [0.15, 0.2) is 12.7 Å². The van der Waals surface area contributed by atoms with Crippen LogP contribution in [0.5, 0.6) is 11.5 Å². The van der Waals surface area contributed by atoms with Crippen molar-refractivity contribution in [1.82, 2.24) is 0 Å². The monoisotopic (exact) mass is 602 g/mol. The van der Waals surface area contributed by atoms with Gasteiger partial charge < -0.3 is 31.8 Å². The van der Waals surface area contributed by atoms with Crippen molar-refractivity contribution in [1.29, 1.82) is 0 Å². The maximum Gasteiger partial charge on any atom is 0.255 e. The van der Waals surface area contributed by atoms with Crippen LogP contribution in [-0.4, -0.2) is 19.6 Å². The molecule has 38 heavy (non-hydrogen) atoms. The third-order valence-corrected chi connectivity index (χ3v) is 7.32. The molecule has 3 aromatic rings. The number of carbonyl (C=O) groups excluding carboxylic acids is 1. The first-order valence-electron chi connectivity index (χ1n) is 13.7. The fourth-order valence-electron chi connectivity index (χ4n) is 4.37. The van der Waals surface area contributed by atoms with Gasteiger partial charge >= 0.3 is 0 Å². The van der Waals surface area contributed by atoms with Crippen molar-refractivity contribution in [2.45, 2.75) is 84.6 Å². The number of rotatable bonds is 17. The molecule has 1 amide bonds. The van der Waals surface area contributed by atoms with Gasteiger partial charge in [-0.25, -0.2) is 0 Å². The van der Waals surface area contributed by atoms with E-state index in [1.807, 2.05) is 42.5 Å². The lowest BCUT2D eigenvalue weighted by Crippen LogP contribution is -3.00. The van der Waals surface area contributed by atoms with Gasteiger partial charge in [-0.2, -0.15) is 4.57 Å². The smallest absolute Gasteiger partial charge is 0.255 e. The minimum absolute atomic E-state index is 0. The zero-order valence-corrected chi connectivity index (χ0v) is 25.5. The van der Waals surface area contributed by atoms with Crippen LogP contribution < -0.4 is 36.3 Å². The number of nitrogens with one attached hydrogen (secondary N) is 1. The number of hydrogen-bond acceptors (Lipinski definition) is 4. The largest absolute Gasteiger partial charge is 1.00 e. The molecular formula is C31H43BrN2O3S. The summed E-state index contributed by atoms with van der Waals surface area (Å²) in [6.45, 7) is 5.72. The summed E-state index contributed by atoms with van der Waals surface area (Å²) in [5.41, 5.74) is 4.47. The minimum atomic E-state index is -0.151. The SMILES string of the molecule is CCCCCCCCCCCCOc1cc(OC)ccc1NC(=O)c1cccc(C[n+]2csc(C)c2)c1.[Br-]. The molecule has 208 valence electrons. The van der Waals surface area contributed by atoms with Crippen molar-refractivity contribution in [3.05, 3.63) is 70.2 Å². The van der Waals surface area contributed by atoms with Gasteiger partial charge in [-0.3, -0.25) is 4.79 Å². The highest BCUT2D eigenvalue weighted by atomic mass is 79.9. The molecule has 5 nitrogen and oxygen atoms in total. The Morgan fingerprint density at radius 2 is 1.66 bits per heavy atom. The van der Waals surface area contributed by atoms with Crippen LogP contribution in [0.25, 0.3) is 0 Å². The molecule has 0 fully saturated rings. The average molecular weight is 604 g/mol. The lowest BCUT2D eigenvalue weighted by Gasteiger charge is -2.14. The Bertz CT molecular complexity index is 1100. The molecule has 0 aliphatic heterocycles. The number of carbonyl (C=O) groups is 1. The summed E-state index contributed by atoms with van der Waals surface area (Å²) in [6, 6.07) is 13.3. The van der Waals surface area contributed by atoms with Gasteiger partial charge in [-0.1, -0.05) is 88.2 Å². The van der Waals surface area contributed by atoms with E-state index in [2.05, 4.69) is 35.4 Å². The van der Waals surface area contributed by atoms with Crippen molar-refractivity contribution in [3.8, 4) is 11.5 Å². The van der Waals surface area contributed by atoms with Crippen LogP contribution in [0.4, 0.5) is 5.69 Å². The van der Waals surface area contributed by atoms with Crippen molar-refractivity contribution in [3.63, 3.8) is 0 Å². The highest BCUT2D eigenvalue weighted by Crippen LogP contribution is 2.30. The van der Waals surface area contributed by atoms with Gasteiger partial charge in [-0.05, 0) is 37.6 Å². The van der Waals surface area contributed by atoms with E-state index >= 15 is 0 Å². The second-order valence-electron chi connectivity index (χ2n) is 9.68. The molecule has 1 aromatic heterocycles. The normalized spacial score (nSPS) is 10.6. The highest BCUT2D eigenvalue weighted by Gasteiger charge is 2.13. The Morgan fingerprint density at radius 1 is 0.947 bits per heavy atom. The van der Waals surface area contributed by atoms with Crippen molar-refractivity contribution in [2.24, 2.45) is 0 Å². The molecule has 0 aliphatic carbocycles. The van der Waals surface area contributed by atoms with Crippen LogP contribution >= 0.6 is 11.3 Å². The van der Waals surface area contributed by atoms with Crippen LogP contribution in [0.2, 0.25) is 0 Å². The first-order valence-corrected chi connectivity index (χ1v) is 14.6. The van der Waals surface area contributed by atoms with E-state index < -0.39 is 0 Å². The number of benzene rings is 2. The first-order chi connectivity index (χ1) is 18.1. The molecule has 0 atom stereocenters. The summed E-state index contributed by atoms with van der Waals surface area (Å²) in [4.78, 5) is 14.3. The Labute approximate surface area is 243 Å². The molecule has 0 bridgehead atoms. The van der Waals surface area contributed by atoms with Crippen LogP contribution in [0.15, 0.2) is 54.2 Å². The van der Waals surface area contributed by atoms with Gasteiger partial charge in [0.25, 0.3) is 5.91 Å². The van der Waals surface area contributed by atoms with E-state index in [-0.39, 0.29) is 22.9 Å². The lowest BCUT2D eigenvalue weighted by molar-refractivity contribution is -0.683. The third-order valence-electron chi connectivity index (χ3n) is 6.47. The van der Waals surface area contributed by atoms with E-state index in [1.54, 1.807) is 18.4 Å². The Hall–Kier alpha value is -2.38. The summed E-state index contributed by atoms with van der Waals surface area (Å²) >= 11 is 1.72. The zero-order chi connectivity index (χ0) is 26.3. The number of anilines is 1. The summed E-state index contributed by atoms with van der Waals surface area (Å²) < 4.78 is 13.6. The molecule has 0 spiro atoms. The second kappa shape index (κ2) is 18.0. The molecule has 3 rings (SSSR count). The molecule has 0 aliphatic rings. The molecule has 1 N–H and O–H groups in total. The van der Waals surface area contributed by atoms with Gasteiger partial charge in [0.2, 0.25) is 5.51 Å². The van der Waals surface area contributed by atoms with Crippen LogP contribution in [0.1, 0.15) is 91.9 Å². The Kier molecular flexibility index (Phi) is 15.1. The molecule has 7 heteroatoms. The predicted molar refractivity (Wildman–Crippen MR) is 153 cm³/mol. The van der Waals surface area contributed by atoms with Crippen LogP contribution in [0.3, 0.4) is 0 Å². The molecule has 0 radical (unpaired) electrons. The van der Waals surface area contributed by atoms with Crippen LogP contribution in [-0.2, 0) is 6.54 Å². The fraction of sp³-hybridized carbons (Fsp3) is 0.484. The second-order valence-corrected chi connectivity index (χ2v) is 10.8. The summed E-state index contributed by atoms with van der Waals surface area (Å²) in [5, 5.41) is 3.04. The number of nitrogens with zero attached hydrogens (tertiary/aromatic N) is 1. The summed E-state index contributed by atoms with van der Waals surface area (Å²) in [5.74, 6) is 1.20. The van der Waals surface area contributed by atoms with Crippen molar-refractivity contribution < 1.29 is 35.8 Å². The van der Waals surface area contributed by atoms with Crippen molar-refractivity contribution in [2.75, 3.05) is 19.0 Å². The molecule has 0 saturated carbocycles. The van der Waals surface area contributed by atoms with Crippen LogP contribution in [0, 0.1) is 6.92 Å². The van der Waals surface area contributed by atoms with E-state index in [0.29, 0.717) is 29.4 Å². The number of amides is 1. The van der Waals surface area contributed by atoms with Gasteiger partial charge in [0, 0.05) is 17.2 Å². The lowest BCUT2D eigenvalue weighted by atomic mass is 10.1. The van der Waals surface area contributed by atoms with E-state index in [1.165, 1.54) is 56.2 Å². The number of unbranched alkanes of at least 4 members (excludes halogenated alkanes) is 9. The number of methoxy groups -OCH3 is 1. The Balaban J connectivity index is 0.00000507. The number of hydrogen-bond donors (Lipinski definition) is 1. The Morgan fingerprint density at radius 3 is 2.32 bits per heavy atom. The number of halogens is 1. The predicted octanol–water partition coefficient (Wildman–Crippen LogP) is 4.96. The number of thiazole rings is 1. The summed E-state index contributed by atoms with van der Waals surface area (Å²) in [6.07, 6.45) is 15.0. The third kappa shape index (κ3) is 11.2. The quantitative estimate of drug-likeness (QED) is 0.175. The fourth-order valence-corrected chi connectivity index (χ4v) is 5.00. The molecule has 0 unspecified atom stereocenters. The zero-order valence-electron chi connectivity index (χ0n) is 23.1. The number of ether oxygens (including phenoxy) is 2. The highest BCUT2D eigenvalue weighted by molar-refractivity contribution is 7.09. The molecule has 2 aromatic carbocycles. The minimum Gasteiger partial charge on any atom is -1.00 e. The summed E-state index contributed by atoms with van der Waals surface area (Å²) in [7, 11) is 1.64. The first kappa shape index (κ1) is 31.8. The van der Waals surface area contributed by atoms with Gasteiger partial charge in [0.1, 0.15) is 11.5 Å². The maximum absolute atomic E-state index is 13.1. The van der Waals surface area contributed by atoms with Gasteiger partial charge in [-0.15, -0.1) is 0 Å². The van der Waals surface area contributed by atoms with Gasteiger partial charge in [0.05, 0.1) is 24.3 Å². The number of aromatic nitrogens is 1. The van der Waals surface area contributed by atoms with Crippen molar-refractivity contribution >= 4 is 22.9 Å². The maximum atomic E-state index is 13.1. The molecule has 1 heterocycles.